The summed E-state index contributed by atoms with van der Waals surface area (Å²) in [6.45, 7) is 0.291. The lowest BCUT2D eigenvalue weighted by molar-refractivity contribution is 0.286. The summed E-state index contributed by atoms with van der Waals surface area (Å²) in [7, 11) is 0. The summed E-state index contributed by atoms with van der Waals surface area (Å²) in [5.74, 6) is -0.586. The zero-order chi connectivity index (χ0) is 11.4. The van der Waals surface area contributed by atoms with Crippen molar-refractivity contribution in [3.63, 3.8) is 0 Å². The van der Waals surface area contributed by atoms with E-state index in [4.69, 9.17) is 16.3 Å². The van der Waals surface area contributed by atoms with Gasteiger partial charge in [-0.2, -0.15) is 4.39 Å². The van der Waals surface area contributed by atoms with Crippen molar-refractivity contribution in [2.45, 2.75) is 6.61 Å². The van der Waals surface area contributed by atoms with Crippen molar-refractivity contribution in [3.05, 3.63) is 59.1 Å². The fraction of sp³-hybridized carbons (Fsp3) is 0.0833. The van der Waals surface area contributed by atoms with E-state index in [-0.39, 0.29) is 5.75 Å². The van der Waals surface area contributed by atoms with Gasteiger partial charge >= 0.3 is 0 Å². The van der Waals surface area contributed by atoms with Crippen LogP contribution in [0.25, 0.3) is 0 Å². The molecule has 0 fully saturated rings. The zero-order valence-corrected chi connectivity index (χ0v) is 9.12. The van der Waals surface area contributed by atoms with Gasteiger partial charge in [0.1, 0.15) is 6.61 Å². The molecular formula is C12H9ClFNO. The van der Waals surface area contributed by atoms with Crippen LogP contribution in [0.4, 0.5) is 4.39 Å². The van der Waals surface area contributed by atoms with E-state index in [1.54, 1.807) is 0 Å². The smallest absolute Gasteiger partial charge is 0.255 e. The van der Waals surface area contributed by atoms with Gasteiger partial charge in [-0.05, 0) is 5.56 Å². The molecule has 82 valence electrons. The number of aromatic nitrogens is 1. The van der Waals surface area contributed by atoms with Gasteiger partial charge in [-0.3, -0.25) is 0 Å². The van der Waals surface area contributed by atoms with E-state index in [2.05, 4.69) is 4.98 Å². The highest BCUT2D eigenvalue weighted by Crippen LogP contribution is 2.20. The quantitative estimate of drug-likeness (QED) is 0.763. The van der Waals surface area contributed by atoms with Gasteiger partial charge in [0.15, 0.2) is 5.75 Å². The summed E-state index contributed by atoms with van der Waals surface area (Å²) >= 11 is 5.69. The lowest BCUT2D eigenvalue weighted by Crippen LogP contribution is -1.98. The lowest BCUT2D eigenvalue weighted by Gasteiger charge is -2.06. The molecular weight excluding hydrogens is 229 g/mol. The van der Waals surface area contributed by atoms with Gasteiger partial charge in [-0.15, -0.1) is 0 Å². The highest BCUT2D eigenvalue weighted by Gasteiger charge is 2.05. The van der Waals surface area contributed by atoms with E-state index in [1.807, 2.05) is 30.3 Å². The third kappa shape index (κ3) is 2.70. The first-order chi connectivity index (χ1) is 7.75. The molecule has 2 rings (SSSR count). The van der Waals surface area contributed by atoms with Gasteiger partial charge in [-0.1, -0.05) is 41.9 Å². The molecule has 0 N–H and O–H groups in total. The Morgan fingerprint density at radius 2 is 2.00 bits per heavy atom. The van der Waals surface area contributed by atoms with Gasteiger partial charge in [0, 0.05) is 12.3 Å². The molecule has 0 aliphatic heterocycles. The molecule has 1 aromatic carbocycles. The summed E-state index contributed by atoms with van der Waals surface area (Å²) < 4.78 is 18.5. The molecule has 1 heterocycles. The summed E-state index contributed by atoms with van der Waals surface area (Å²) in [4.78, 5) is 3.47. The Balaban J connectivity index is 2.08. The Morgan fingerprint density at radius 1 is 1.25 bits per heavy atom. The standard InChI is InChI=1S/C12H9ClFNO/c13-10-6-11(12(14)15-7-10)16-8-9-4-2-1-3-5-9/h1-7H,8H2. The van der Waals surface area contributed by atoms with E-state index in [1.165, 1.54) is 12.3 Å². The number of hydrogen-bond acceptors (Lipinski definition) is 2. The van der Waals surface area contributed by atoms with Crippen LogP contribution >= 0.6 is 11.6 Å². The van der Waals surface area contributed by atoms with E-state index in [9.17, 15) is 4.39 Å². The Hall–Kier alpha value is -1.61. The number of rotatable bonds is 3. The predicted molar refractivity (Wildman–Crippen MR) is 60.0 cm³/mol. The van der Waals surface area contributed by atoms with Crippen LogP contribution in [0.2, 0.25) is 5.02 Å². The van der Waals surface area contributed by atoms with Crippen molar-refractivity contribution in [2.75, 3.05) is 0 Å². The van der Waals surface area contributed by atoms with E-state index in [0.717, 1.165) is 5.56 Å². The zero-order valence-electron chi connectivity index (χ0n) is 8.36. The molecule has 0 aliphatic rings. The molecule has 0 radical (unpaired) electrons. The van der Waals surface area contributed by atoms with Crippen LogP contribution in [-0.2, 0) is 6.61 Å². The van der Waals surface area contributed by atoms with Crippen molar-refractivity contribution in [3.8, 4) is 5.75 Å². The molecule has 16 heavy (non-hydrogen) atoms. The van der Waals surface area contributed by atoms with Crippen molar-refractivity contribution in [1.82, 2.24) is 4.98 Å². The number of halogens is 2. The Labute approximate surface area is 97.7 Å². The normalized spacial score (nSPS) is 10.1. The fourth-order valence-electron chi connectivity index (χ4n) is 1.24. The number of ether oxygens (including phenoxy) is 1. The first-order valence-electron chi connectivity index (χ1n) is 4.73. The van der Waals surface area contributed by atoms with Crippen molar-refractivity contribution >= 4 is 11.6 Å². The summed E-state index contributed by atoms with van der Waals surface area (Å²) in [5.41, 5.74) is 0.960. The summed E-state index contributed by atoms with van der Waals surface area (Å²) in [6, 6.07) is 10.9. The third-order valence-corrected chi connectivity index (χ3v) is 2.22. The minimum atomic E-state index is -0.652. The first kappa shape index (κ1) is 10.9. The van der Waals surface area contributed by atoms with Crippen LogP contribution in [0.15, 0.2) is 42.6 Å². The molecule has 0 bridgehead atoms. The van der Waals surface area contributed by atoms with Crippen LogP contribution in [0.1, 0.15) is 5.56 Å². The predicted octanol–water partition coefficient (Wildman–Crippen LogP) is 3.45. The van der Waals surface area contributed by atoms with Crippen LogP contribution in [0.3, 0.4) is 0 Å². The van der Waals surface area contributed by atoms with Crippen molar-refractivity contribution in [1.29, 1.82) is 0 Å². The van der Waals surface area contributed by atoms with Gasteiger partial charge in [-0.25, -0.2) is 4.98 Å². The highest BCUT2D eigenvalue weighted by atomic mass is 35.5. The molecule has 0 saturated carbocycles. The average molecular weight is 238 g/mol. The Bertz CT molecular complexity index is 476. The maximum absolute atomic E-state index is 13.2. The van der Waals surface area contributed by atoms with Crippen LogP contribution in [0, 0.1) is 5.95 Å². The molecule has 0 atom stereocenters. The Morgan fingerprint density at radius 3 is 2.75 bits per heavy atom. The maximum atomic E-state index is 13.2. The minimum Gasteiger partial charge on any atom is -0.484 e. The number of pyridine rings is 1. The molecule has 0 saturated heterocycles. The second-order valence-corrected chi connectivity index (χ2v) is 3.65. The number of hydrogen-bond donors (Lipinski definition) is 0. The molecule has 0 spiro atoms. The SMILES string of the molecule is Fc1ncc(Cl)cc1OCc1ccccc1. The molecule has 2 nitrogen and oxygen atoms in total. The molecule has 2 aromatic rings. The van der Waals surface area contributed by atoms with Gasteiger partial charge < -0.3 is 4.74 Å². The van der Waals surface area contributed by atoms with E-state index in [0.29, 0.717) is 11.6 Å². The van der Waals surface area contributed by atoms with Crippen molar-refractivity contribution in [2.24, 2.45) is 0 Å². The molecule has 0 unspecified atom stereocenters. The second-order valence-electron chi connectivity index (χ2n) is 3.22. The van der Waals surface area contributed by atoms with E-state index < -0.39 is 5.95 Å². The first-order valence-corrected chi connectivity index (χ1v) is 5.11. The van der Waals surface area contributed by atoms with Crippen LogP contribution in [-0.4, -0.2) is 4.98 Å². The van der Waals surface area contributed by atoms with Gasteiger partial charge in [0.2, 0.25) is 0 Å². The molecule has 0 aliphatic carbocycles. The van der Waals surface area contributed by atoms with Crippen LogP contribution in [0.5, 0.6) is 5.75 Å². The topological polar surface area (TPSA) is 22.1 Å². The maximum Gasteiger partial charge on any atom is 0.255 e. The number of benzene rings is 1. The summed E-state index contributed by atoms with van der Waals surface area (Å²) in [5, 5.41) is 0.351. The summed E-state index contributed by atoms with van der Waals surface area (Å²) in [6.07, 6.45) is 1.24. The Kier molecular flexibility index (Phi) is 3.37. The largest absolute Gasteiger partial charge is 0.484 e. The third-order valence-electron chi connectivity index (χ3n) is 2.01. The minimum absolute atomic E-state index is 0.0661. The van der Waals surface area contributed by atoms with Crippen molar-refractivity contribution < 1.29 is 9.13 Å². The second kappa shape index (κ2) is 4.94. The molecule has 4 heteroatoms. The van der Waals surface area contributed by atoms with E-state index >= 15 is 0 Å². The molecule has 1 aromatic heterocycles. The van der Waals surface area contributed by atoms with Crippen LogP contribution < -0.4 is 4.74 Å². The monoisotopic (exact) mass is 237 g/mol. The lowest BCUT2D eigenvalue weighted by atomic mass is 10.2. The van der Waals surface area contributed by atoms with Gasteiger partial charge in [0.25, 0.3) is 5.95 Å². The highest BCUT2D eigenvalue weighted by molar-refractivity contribution is 6.30. The van der Waals surface area contributed by atoms with Gasteiger partial charge in [0.05, 0.1) is 5.02 Å². The molecule has 0 amide bonds. The average Bonchev–Trinajstić information content (AvgIpc) is 2.32. The fourth-order valence-corrected chi connectivity index (χ4v) is 1.39. The number of nitrogens with zero attached hydrogens (tertiary/aromatic N) is 1.